The summed E-state index contributed by atoms with van der Waals surface area (Å²) in [5, 5.41) is 0. The van der Waals surface area contributed by atoms with Gasteiger partial charge in [0.1, 0.15) is 12.2 Å². The fourth-order valence-corrected chi connectivity index (χ4v) is 2.38. The Bertz CT molecular complexity index is 383. The molecule has 1 fully saturated rings. The number of nitrogens with two attached hydrogens (primary N) is 1. The summed E-state index contributed by atoms with van der Waals surface area (Å²) in [6.45, 7) is 3.74. The number of nitrogen functional groups attached to an aromatic ring is 1. The van der Waals surface area contributed by atoms with Gasteiger partial charge in [0.05, 0.1) is 0 Å². The standard InChI is InChI=1S/C13H20N2O2/c1-9-10(14)5-4-6-11(9)15-7-12(16-2)13(8-15)17-3/h4-6,12-13H,7-8,14H2,1-3H3. The van der Waals surface area contributed by atoms with Crippen LogP contribution in [0.3, 0.4) is 0 Å². The molecule has 0 aliphatic carbocycles. The largest absolute Gasteiger partial charge is 0.398 e. The van der Waals surface area contributed by atoms with Crippen LogP contribution in [-0.2, 0) is 9.47 Å². The van der Waals surface area contributed by atoms with Gasteiger partial charge in [-0.1, -0.05) is 6.07 Å². The van der Waals surface area contributed by atoms with Crippen LogP contribution in [0.15, 0.2) is 18.2 Å². The predicted octanol–water partition coefficient (Wildman–Crippen LogP) is 1.43. The van der Waals surface area contributed by atoms with E-state index in [0.717, 1.165) is 24.3 Å². The van der Waals surface area contributed by atoms with E-state index in [4.69, 9.17) is 15.2 Å². The molecule has 1 aliphatic rings. The van der Waals surface area contributed by atoms with Crippen molar-refractivity contribution >= 4 is 11.4 Å². The summed E-state index contributed by atoms with van der Waals surface area (Å²) < 4.78 is 10.9. The smallest absolute Gasteiger partial charge is 0.102 e. The number of nitrogens with zero attached hydrogens (tertiary/aromatic N) is 1. The molecular weight excluding hydrogens is 216 g/mol. The highest BCUT2D eigenvalue weighted by molar-refractivity contribution is 5.64. The molecule has 1 aromatic carbocycles. The lowest BCUT2D eigenvalue weighted by atomic mass is 10.1. The fourth-order valence-electron chi connectivity index (χ4n) is 2.38. The minimum Gasteiger partial charge on any atom is -0.398 e. The second kappa shape index (κ2) is 4.94. The summed E-state index contributed by atoms with van der Waals surface area (Å²) in [4.78, 5) is 2.27. The van der Waals surface area contributed by atoms with Gasteiger partial charge in [0, 0.05) is 38.7 Å². The lowest BCUT2D eigenvalue weighted by Gasteiger charge is -2.21. The molecule has 1 aromatic rings. The molecule has 1 aliphatic heterocycles. The average Bonchev–Trinajstić information content (AvgIpc) is 2.75. The zero-order valence-corrected chi connectivity index (χ0v) is 10.6. The van der Waals surface area contributed by atoms with Gasteiger partial charge in [-0.15, -0.1) is 0 Å². The van der Waals surface area contributed by atoms with Crippen molar-refractivity contribution in [2.24, 2.45) is 0 Å². The molecular formula is C13H20N2O2. The van der Waals surface area contributed by atoms with Gasteiger partial charge in [-0.3, -0.25) is 0 Å². The highest BCUT2D eigenvalue weighted by Gasteiger charge is 2.33. The van der Waals surface area contributed by atoms with Gasteiger partial charge >= 0.3 is 0 Å². The zero-order chi connectivity index (χ0) is 12.4. The summed E-state index contributed by atoms with van der Waals surface area (Å²) in [6.07, 6.45) is 0.252. The van der Waals surface area contributed by atoms with Crippen LogP contribution in [0.25, 0.3) is 0 Å². The number of anilines is 2. The van der Waals surface area contributed by atoms with E-state index in [1.165, 1.54) is 5.69 Å². The van der Waals surface area contributed by atoms with Gasteiger partial charge in [0.15, 0.2) is 0 Å². The third-order valence-electron chi connectivity index (χ3n) is 3.51. The van der Waals surface area contributed by atoms with Crippen molar-refractivity contribution < 1.29 is 9.47 Å². The lowest BCUT2D eigenvalue weighted by molar-refractivity contribution is -0.00461. The molecule has 1 saturated heterocycles. The lowest BCUT2D eigenvalue weighted by Crippen LogP contribution is -2.27. The van der Waals surface area contributed by atoms with E-state index in [0.29, 0.717) is 0 Å². The minimum absolute atomic E-state index is 0.126. The van der Waals surface area contributed by atoms with Crippen molar-refractivity contribution in [3.8, 4) is 0 Å². The van der Waals surface area contributed by atoms with Crippen LogP contribution < -0.4 is 10.6 Å². The molecule has 94 valence electrons. The molecule has 2 N–H and O–H groups in total. The number of hydrogen-bond donors (Lipinski definition) is 1. The average molecular weight is 236 g/mol. The normalized spacial score (nSPS) is 24.3. The summed E-state index contributed by atoms with van der Waals surface area (Å²) in [5.41, 5.74) is 9.06. The monoisotopic (exact) mass is 236 g/mol. The van der Waals surface area contributed by atoms with Gasteiger partial charge in [-0.05, 0) is 24.6 Å². The molecule has 1 heterocycles. The Kier molecular flexibility index (Phi) is 3.54. The number of methoxy groups -OCH3 is 2. The van der Waals surface area contributed by atoms with Gasteiger partial charge in [-0.2, -0.15) is 0 Å². The fraction of sp³-hybridized carbons (Fsp3) is 0.538. The van der Waals surface area contributed by atoms with Crippen molar-refractivity contribution in [2.45, 2.75) is 19.1 Å². The van der Waals surface area contributed by atoms with Crippen LogP contribution >= 0.6 is 0 Å². The third-order valence-corrected chi connectivity index (χ3v) is 3.51. The highest BCUT2D eigenvalue weighted by Crippen LogP contribution is 2.29. The zero-order valence-electron chi connectivity index (χ0n) is 10.6. The second-order valence-corrected chi connectivity index (χ2v) is 4.44. The molecule has 17 heavy (non-hydrogen) atoms. The van der Waals surface area contributed by atoms with Crippen molar-refractivity contribution in [3.63, 3.8) is 0 Å². The van der Waals surface area contributed by atoms with Crippen molar-refractivity contribution in [1.29, 1.82) is 0 Å². The first kappa shape index (κ1) is 12.2. The first-order valence-electron chi connectivity index (χ1n) is 5.83. The van der Waals surface area contributed by atoms with Gasteiger partial charge in [0.25, 0.3) is 0 Å². The van der Waals surface area contributed by atoms with Crippen LogP contribution in [0.5, 0.6) is 0 Å². The molecule has 0 saturated carbocycles. The maximum atomic E-state index is 5.93. The SMILES string of the molecule is COC1CN(c2cccc(N)c2C)CC1OC. The third kappa shape index (κ3) is 2.23. The van der Waals surface area contributed by atoms with Crippen LogP contribution in [0.2, 0.25) is 0 Å². The summed E-state index contributed by atoms with van der Waals surface area (Å²) in [6, 6.07) is 6.01. The molecule has 0 spiro atoms. The Morgan fingerprint density at radius 3 is 2.29 bits per heavy atom. The van der Waals surface area contributed by atoms with Crippen molar-refractivity contribution in [3.05, 3.63) is 23.8 Å². The van der Waals surface area contributed by atoms with Crippen LogP contribution in [-0.4, -0.2) is 39.5 Å². The van der Waals surface area contributed by atoms with Gasteiger partial charge in [0.2, 0.25) is 0 Å². The molecule has 0 radical (unpaired) electrons. The summed E-state index contributed by atoms with van der Waals surface area (Å²) >= 11 is 0. The van der Waals surface area contributed by atoms with Crippen molar-refractivity contribution in [1.82, 2.24) is 0 Å². The van der Waals surface area contributed by atoms with E-state index < -0.39 is 0 Å². The molecule has 0 aromatic heterocycles. The Morgan fingerprint density at radius 2 is 1.76 bits per heavy atom. The maximum absolute atomic E-state index is 5.93. The van der Waals surface area contributed by atoms with E-state index in [-0.39, 0.29) is 12.2 Å². The summed E-state index contributed by atoms with van der Waals surface area (Å²) in [5.74, 6) is 0. The maximum Gasteiger partial charge on any atom is 0.102 e. The molecule has 4 nitrogen and oxygen atoms in total. The number of rotatable bonds is 3. The highest BCUT2D eigenvalue weighted by atomic mass is 16.5. The quantitative estimate of drug-likeness (QED) is 0.806. The Balaban J connectivity index is 2.22. The Hall–Kier alpha value is -1.26. The first-order chi connectivity index (χ1) is 8.17. The van der Waals surface area contributed by atoms with Gasteiger partial charge in [-0.25, -0.2) is 0 Å². The predicted molar refractivity (Wildman–Crippen MR) is 69.4 cm³/mol. The minimum atomic E-state index is 0.126. The summed E-state index contributed by atoms with van der Waals surface area (Å²) in [7, 11) is 3.46. The van der Waals surface area contributed by atoms with E-state index in [9.17, 15) is 0 Å². The number of hydrogen-bond acceptors (Lipinski definition) is 4. The van der Waals surface area contributed by atoms with E-state index >= 15 is 0 Å². The molecule has 2 atom stereocenters. The molecule has 4 heteroatoms. The van der Waals surface area contributed by atoms with Gasteiger partial charge < -0.3 is 20.1 Å². The van der Waals surface area contributed by atoms with Crippen LogP contribution in [0, 0.1) is 6.92 Å². The number of ether oxygens (including phenoxy) is 2. The van der Waals surface area contributed by atoms with E-state index in [2.05, 4.69) is 11.0 Å². The molecule has 0 bridgehead atoms. The van der Waals surface area contributed by atoms with E-state index in [1.807, 2.05) is 19.1 Å². The van der Waals surface area contributed by atoms with Crippen LogP contribution in [0.1, 0.15) is 5.56 Å². The second-order valence-electron chi connectivity index (χ2n) is 4.44. The Morgan fingerprint density at radius 1 is 1.18 bits per heavy atom. The molecule has 2 rings (SSSR count). The number of benzene rings is 1. The molecule has 2 unspecified atom stereocenters. The molecule has 0 amide bonds. The van der Waals surface area contributed by atoms with E-state index in [1.54, 1.807) is 14.2 Å². The Labute approximate surface area is 102 Å². The van der Waals surface area contributed by atoms with Crippen molar-refractivity contribution in [2.75, 3.05) is 37.9 Å². The first-order valence-corrected chi connectivity index (χ1v) is 5.83. The topological polar surface area (TPSA) is 47.7 Å². The van der Waals surface area contributed by atoms with Crippen LogP contribution in [0.4, 0.5) is 11.4 Å².